The molecule has 0 unspecified atom stereocenters. The summed E-state index contributed by atoms with van der Waals surface area (Å²) < 4.78 is 18.4. The van der Waals surface area contributed by atoms with Crippen molar-refractivity contribution >= 4 is 11.7 Å². The third-order valence-corrected chi connectivity index (χ3v) is 2.34. The highest BCUT2D eigenvalue weighted by atomic mass is 19.1. The molecule has 0 aliphatic rings. The maximum atomic E-state index is 13.5. The highest BCUT2D eigenvalue weighted by Gasteiger charge is 2.26. The molecule has 0 saturated carbocycles. The summed E-state index contributed by atoms with van der Waals surface area (Å²) in [5.74, 6) is -1.42. The molecule has 0 bridgehead atoms. The number of methoxy groups -OCH3 is 1. The van der Waals surface area contributed by atoms with E-state index in [1.54, 1.807) is 12.1 Å². The van der Waals surface area contributed by atoms with Crippen molar-refractivity contribution in [3.8, 4) is 0 Å². The number of carbonyl (C=O) groups is 1. The van der Waals surface area contributed by atoms with Crippen LogP contribution in [0, 0.1) is 5.82 Å². The third-order valence-electron chi connectivity index (χ3n) is 2.34. The zero-order valence-corrected chi connectivity index (χ0v) is 10.1. The van der Waals surface area contributed by atoms with Crippen LogP contribution in [0.3, 0.4) is 0 Å². The van der Waals surface area contributed by atoms with Crippen LogP contribution in [0.2, 0.25) is 0 Å². The second-order valence-electron chi connectivity index (χ2n) is 4.29. The van der Waals surface area contributed by atoms with Crippen molar-refractivity contribution in [2.24, 2.45) is 0 Å². The monoisotopic (exact) mass is 241 g/mol. The summed E-state index contributed by atoms with van der Waals surface area (Å²) in [5.41, 5.74) is -0.282. The van der Waals surface area contributed by atoms with Crippen LogP contribution in [0.25, 0.3) is 0 Å². The Bertz CT molecular complexity index is 418. The van der Waals surface area contributed by atoms with E-state index in [4.69, 9.17) is 9.84 Å². The molecule has 0 radical (unpaired) electrons. The van der Waals surface area contributed by atoms with Crippen molar-refractivity contribution in [3.63, 3.8) is 0 Å². The lowest BCUT2D eigenvalue weighted by atomic mass is 10.1. The Morgan fingerprint density at radius 2 is 2.18 bits per heavy atom. The minimum absolute atomic E-state index is 0.189. The van der Waals surface area contributed by atoms with Crippen LogP contribution in [0.5, 0.6) is 0 Å². The minimum atomic E-state index is -1.14. The zero-order chi connectivity index (χ0) is 13.1. The molecule has 0 saturated heterocycles. The van der Waals surface area contributed by atoms with Gasteiger partial charge in [-0.1, -0.05) is 6.07 Å². The number of benzene rings is 1. The summed E-state index contributed by atoms with van der Waals surface area (Å²) in [6, 6.07) is 4.46. The molecule has 94 valence electrons. The predicted molar refractivity (Wildman–Crippen MR) is 62.5 cm³/mol. The Hall–Kier alpha value is -1.62. The summed E-state index contributed by atoms with van der Waals surface area (Å²) >= 11 is 0. The van der Waals surface area contributed by atoms with Crippen LogP contribution < -0.4 is 5.32 Å². The van der Waals surface area contributed by atoms with Crippen molar-refractivity contribution in [3.05, 3.63) is 29.6 Å². The summed E-state index contributed by atoms with van der Waals surface area (Å²) in [5, 5.41) is 11.7. The van der Waals surface area contributed by atoms with E-state index in [1.165, 1.54) is 27.0 Å². The molecular formula is C12H16FNO3. The van der Waals surface area contributed by atoms with E-state index < -0.39 is 17.3 Å². The van der Waals surface area contributed by atoms with Gasteiger partial charge >= 0.3 is 5.97 Å². The van der Waals surface area contributed by atoms with Gasteiger partial charge in [0.2, 0.25) is 0 Å². The molecule has 0 fully saturated rings. The molecule has 1 aromatic rings. The van der Waals surface area contributed by atoms with Crippen molar-refractivity contribution in [1.82, 2.24) is 0 Å². The fraction of sp³-hybridized carbons (Fsp3) is 0.417. The van der Waals surface area contributed by atoms with E-state index in [-0.39, 0.29) is 6.61 Å². The van der Waals surface area contributed by atoms with Gasteiger partial charge in [0.15, 0.2) is 0 Å². The lowest BCUT2D eigenvalue weighted by Crippen LogP contribution is -2.39. The number of carboxylic acids is 1. The number of hydrogen-bond donors (Lipinski definition) is 2. The molecular weight excluding hydrogens is 225 g/mol. The van der Waals surface area contributed by atoms with Crippen LogP contribution in [0.15, 0.2) is 18.2 Å². The average molecular weight is 241 g/mol. The quantitative estimate of drug-likeness (QED) is 0.830. The number of halogens is 1. The number of nitrogens with one attached hydrogen (secondary N) is 1. The molecule has 0 aliphatic heterocycles. The molecule has 0 heterocycles. The van der Waals surface area contributed by atoms with Crippen molar-refractivity contribution in [1.29, 1.82) is 0 Å². The third kappa shape index (κ3) is 3.42. The van der Waals surface area contributed by atoms with Crippen molar-refractivity contribution < 1.29 is 19.0 Å². The molecule has 1 aromatic carbocycles. The van der Waals surface area contributed by atoms with E-state index in [9.17, 15) is 9.18 Å². The Morgan fingerprint density at radius 1 is 1.53 bits per heavy atom. The van der Waals surface area contributed by atoms with Crippen LogP contribution in [-0.2, 0) is 16.1 Å². The lowest BCUT2D eigenvalue weighted by Gasteiger charge is -2.22. The largest absolute Gasteiger partial charge is 0.480 e. The Balaban J connectivity index is 2.87. The van der Waals surface area contributed by atoms with Gasteiger partial charge in [0.05, 0.1) is 6.61 Å². The fourth-order valence-corrected chi connectivity index (χ4v) is 1.31. The van der Waals surface area contributed by atoms with E-state index >= 15 is 0 Å². The SMILES string of the molecule is COCc1ccc(NC(C)(C)C(=O)O)cc1F. The lowest BCUT2D eigenvalue weighted by molar-refractivity contribution is -0.141. The average Bonchev–Trinajstić information content (AvgIpc) is 2.21. The van der Waals surface area contributed by atoms with Crippen molar-refractivity contribution in [2.45, 2.75) is 26.0 Å². The van der Waals surface area contributed by atoms with E-state index in [0.717, 1.165) is 0 Å². The minimum Gasteiger partial charge on any atom is -0.480 e. The van der Waals surface area contributed by atoms with Gasteiger partial charge < -0.3 is 15.2 Å². The molecule has 0 aromatic heterocycles. The summed E-state index contributed by atoms with van der Waals surface area (Å²) in [7, 11) is 1.49. The van der Waals surface area contributed by atoms with Gasteiger partial charge in [0.1, 0.15) is 11.4 Å². The fourth-order valence-electron chi connectivity index (χ4n) is 1.31. The van der Waals surface area contributed by atoms with Gasteiger partial charge in [0, 0.05) is 18.4 Å². The topological polar surface area (TPSA) is 58.6 Å². The van der Waals surface area contributed by atoms with Gasteiger partial charge in [-0.2, -0.15) is 0 Å². The van der Waals surface area contributed by atoms with E-state index in [2.05, 4.69) is 5.32 Å². The number of carboxylic acid groups (broad SMARTS) is 1. The zero-order valence-electron chi connectivity index (χ0n) is 10.1. The van der Waals surface area contributed by atoms with Crippen molar-refractivity contribution in [2.75, 3.05) is 12.4 Å². The van der Waals surface area contributed by atoms with Gasteiger partial charge in [-0.15, -0.1) is 0 Å². The summed E-state index contributed by atoms with van der Waals surface area (Å²) in [6.45, 7) is 3.21. The first-order chi connectivity index (χ1) is 7.86. The molecule has 0 atom stereocenters. The number of anilines is 1. The predicted octanol–water partition coefficient (Wildman–Crippen LogP) is 2.25. The first-order valence-electron chi connectivity index (χ1n) is 5.16. The standard InChI is InChI=1S/C12H16FNO3/c1-12(2,11(15)16)14-9-5-4-8(7-17-3)10(13)6-9/h4-6,14H,7H2,1-3H3,(H,15,16). The smallest absolute Gasteiger partial charge is 0.328 e. The Labute approximate surface area is 99.4 Å². The van der Waals surface area contributed by atoms with Gasteiger partial charge in [-0.25, -0.2) is 9.18 Å². The summed E-state index contributed by atoms with van der Waals surface area (Å²) in [4.78, 5) is 10.9. The first-order valence-corrected chi connectivity index (χ1v) is 5.16. The van der Waals surface area contributed by atoms with Crippen LogP contribution >= 0.6 is 0 Å². The van der Waals surface area contributed by atoms with Gasteiger partial charge in [-0.05, 0) is 26.0 Å². The normalized spacial score (nSPS) is 11.3. The second kappa shape index (κ2) is 5.14. The molecule has 1 rings (SSSR count). The molecule has 17 heavy (non-hydrogen) atoms. The number of rotatable bonds is 5. The van der Waals surface area contributed by atoms with Gasteiger partial charge in [0.25, 0.3) is 0 Å². The molecule has 0 spiro atoms. The van der Waals surface area contributed by atoms with E-state index in [0.29, 0.717) is 11.3 Å². The Kier molecular flexibility index (Phi) is 4.07. The number of hydrogen-bond acceptors (Lipinski definition) is 3. The van der Waals surface area contributed by atoms with Crippen LogP contribution in [0.1, 0.15) is 19.4 Å². The van der Waals surface area contributed by atoms with Gasteiger partial charge in [-0.3, -0.25) is 0 Å². The van der Waals surface area contributed by atoms with Crippen LogP contribution in [-0.4, -0.2) is 23.7 Å². The molecule has 2 N–H and O–H groups in total. The molecule has 0 amide bonds. The maximum absolute atomic E-state index is 13.5. The molecule has 5 heteroatoms. The highest BCUT2D eigenvalue weighted by Crippen LogP contribution is 2.19. The highest BCUT2D eigenvalue weighted by molar-refractivity contribution is 5.81. The Morgan fingerprint density at radius 3 is 2.65 bits per heavy atom. The maximum Gasteiger partial charge on any atom is 0.328 e. The molecule has 4 nitrogen and oxygen atoms in total. The number of aliphatic carboxylic acids is 1. The van der Waals surface area contributed by atoms with Crippen LogP contribution in [0.4, 0.5) is 10.1 Å². The second-order valence-corrected chi connectivity index (χ2v) is 4.29. The number of ether oxygens (including phenoxy) is 1. The molecule has 0 aliphatic carbocycles. The van der Waals surface area contributed by atoms with E-state index in [1.807, 2.05) is 0 Å². The first kappa shape index (κ1) is 13.4. The summed E-state index contributed by atoms with van der Waals surface area (Å²) in [6.07, 6.45) is 0.